The fourth-order valence-electron chi connectivity index (χ4n) is 1.17. The van der Waals surface area contributed by atoms with E-state index in [9.17, 15) is 30.1 Å². The van der Waals surface area contributed by atoms with E-state index in [-0.39, 0.29) is 0 Å². The molecule has 0 radical (unpaired) electrons. The first-order chi connectivity index (χ1) is 7.34. The summed E-state index contributed by atoms with van der Waals surface area (Å²) in [6.07, 6.45) is -3.71. The van der Waals surface area contributed by atoms with Crippen molar-refractivity contribution in [1.29, 1.82) is 0 Å². The monoisotopic (exact) mass is 234 g/mol. The fourth-order valence-corrected chi connectivity index (χ4v) is 1.17. The molecule has 0 aliphatic carbocycles. The van der Waals surface area contributed by atoms with Crippen molar-refractivity contribution in [2.45, 2.75) is 12.2 Å². The Labute approximate surface area is 87.0 Å². The van der Waals surface area contributed by atoms with Gasteiger partial charge in [-0.15, -0.1) is 0 Å². The molecule has 2 unspecified atom stereocenters. The summed E-state index contributed by atoms with van der Waals surface area (Å²) in [5.74, 6) is -2.64. The van der Waals surface area contributed by atoms with Crippen molar-refractivity contribution < 1.29 is 29.6 Å². The summed E-state index contributed by atoms with van der Waals surface area (Å²) >= 11 is 0. The average Bonchev–Trinajstić information content (AvgIpc) is 2.42. The Morgan fingerprint density at radius 3 is 2.44 bits per heavy atom. The van der Waals surface area contributed by atoms with E-state index in [0.29, 0.717) is 0 Å². The lowest BCUT2D eigenvalue weighted by molar-refractivity contribution is -0.496. The lowest BCUT2D eigenvalue weighted by atomic mass is 10.1. The van der Waals surface area contributed by atoms with E-state index in [1.54, 1.807) is 0 Å². The van der Waals surface area contributed by atoms with E-state index in [0.717, 1.165) is 0 Å². The van der Waals surface area contributed by atoms with Crippen LogP contribution in [0.4, 0.5) is 0 Å². The van der Waals surface area contributed by atoms with Crippen LogP contribution in [0.2, 0.25) is 0 Å². The molecule has 0 saturated heterocycles. The standard InChI is InChI=1S/C6H6N2O8/c9-2(1-7(12)13)5-3(8(14)15)4(10)6(11)16-5/h2,5,9-10H,1H2. The summed E-state index contributed by atoms with van der Waals surface area (Å²) in [7, 11) is 0. The lowest BCUT2D eigenvalue weighted by Gasteiger charge is -2.11. The van der Waals surface area contributed by atoms with Crippen LogP contribution in [0.25, 0.3) is 0 Å². The number of nitrogens with zero attached hydrogens (tertiary/aromatic N) is 2. The fraction of sp³-hybridized carbons (Fsp3) is 0.500. The first kappa shape index (κ1) is 11.8. The molecule has 10 nitrogen and oxygen atoms in total. The summed E-state index contributed by atoms with van der Waals surface area (Å²) in [4.78, 5) is 29.2. The van der Waals surface area contributed by atoms with Gasteiger partial charge in [-0.1, -0.05) is 0 Å². The van der Waals surface area contributed by atoms with Crippen LogP contribution >= 0.6 is 0 Å². The van der Waals surface area contributed by atoms with Gasteiger partial charge in [0.2, 0.25) is 12.6 Å². The van der Waals surface area contributed by atoms with Gasteiger partial charge in [-0.2, -0.15) is 0 Å². The molecule has 0 saturated carbocycles. The molecule has 0 aromatic heterocycles. The maximum Gasteiger partial charge on any atom is 0.381 e. The smallest absolute Gasteiger partial charge is 0.381 e. The predicted molar refractivity (Wildman–Crippen MR) is 44.4 cm³/mol. The van der Waals surface area contributed by atoms with Crippen LogP contribution < -0.4 is 0 Å². The number of esters is 1. The number of carbonyl (C=O) groups is 1. The molecule has 0 fully saturated rings. The van der Waals surface area contributed by atoms with Crippen molar-refractivity contribution in [3.05, 3.63) is 31.7 Å². The largest absolute Gasteiger partial charge is 0.497 e. The van der Waals surface area contributed by atoms with Gasteiger partial charge in [-0.25, -0.2) is 4.79 Å². The van der Waals surface area contributed by atoms with Gasteiger partial charge in [0.05, 0.1) is 4.92 Å². The van der Waals surface area contributed by atoms with Gasteiger partial charge >= 0.3 is 11.7 Å². The Bertz CT molecular complexity index is 388. The normalized spacial score (nSPS) is 21.8. The highest BCUT2D eigenvalue weighted by atomic mass is 16.6. The molecule has 1 aliphatic rings. The SMILES string of the molecule is O=C1OC(C(O)C[N+](=O)[O-])C([N+](=O)[O-])=C1O. The highest BCUT2D eigenvalue weighted by molar-refractivity contribution is 5.89. The van der Waals surface area contributed by atoms with Gasteiger partial charge in [0.1, 0.15) is 0 Å². The number of aliphatic hydroxyl groups excluding tert-OH is 2. The Morgan fingerprint density at radius 1 is 1.44 bits per heavy atom. The summed E-state index contributed by atoms with van der Waals surface area (Å²) in [6.45, 7) is -1.04. The van der Waals surface area contributed by atoms with Crippen LogP contribution in [-0.2, 0) is 9.53 Å². The van der Waals surface area contributed by atoms with Gasteiger partial charge in [-0.05, 0) is 0 Å². The number of rotatable bonds is 4. The second-order valence-corrected chi connectivity index (χ2v) is 2.90. The maximum absolute atomic E-state index is 10.8. The molecule has 0 bridgehead atoms. The third kappa shape index (κ3) is 2.06. The van der Waals surface area contributed by atoms with Gasteiger partial charge in [0, 0.05) is 4.92 Å². The van der Waals surface area contributed by atoms with E-state index in [4.69, 9.17) is 5.11 Å². The van der Waals surface area contributed by atoms with Crippen LogP contribution in [0.1, 0.15) is 0 Å². The number of nitro groups is 2. The topological polar surface area (TPSA) is 153 Å². The van der Waals surface area contributed by atoms with Crippen molar-refractivity contribution in [1.82, 2.24) is 0 Å². The Morgan fingerprint density at radius 2 is 2.00 bits per heavy atom. The van der Waals surface area contributed by atoms with Crippen molar-refractivity contribution in [2.75, 3.05) is 6.54 Å². The zero-order valence-corrected chi connectivity index (χ0v) is 7.60. The minimum Gasteiger partial charge on any atom is -0.497 e. The summed E-state index contributed by atoms with van der Waals surface area (Å²) in [5, 5.41) is 38.7. The van der Waals surface area contributed by atoms with E-state index in [1.165, 1.54) is 0 Å². The summed E-state index contributed by atoms with van der Waals surface area (Å²) in [5.41, 5.74) is -1.07. The number of aliphatic hydroxyl groups is 2. The summed E-state index contributed by atoms with van der Waals surface area (Å²) in [6, 6.07) is 0. The Balaban J connectivity index is 2.95. The molecular weight excluding hydrogens is 228 g/mol. The average molecular weight is 234 g/mol. The van der Waals surface area contributed by atoms with Crippen LogP contribution in [-0.4, -0.2) is 44.8 Å². The first-order valence-electron chi connectivity index (χ1n) is 3.93. The number of cyclic esters (lactones) is 1. The van der Waals surface area contributed by atoms with Crippen LogP contribution in [0.15, 0.2) is 11.5 Å². The van der Waals surface area contributed by atoms with Gasteiger partial charge in [0.15, 0.2) is 6.10 Å². The first-order valence-corrected chi connectivity index (χ1v) is 3.93. The molecule has 10 heteroatoms. The Kier molecular flexibility index (Phi) is 3.04. The predicted octanol–water partition coefficient (Wildman–Crippen LogP) is -1.40. The third-order valence-corrected chi connectivity index (χ3v) is 1.82. The van der Waals surface area contributed by atoms with Crippen LogP contribution in [0.3, 0.4) is 0 Å². The van der Waals surface area contributed by atoms with Crippen molar-refractivity contribution in [3.8, 4) is 0 Å². The van der Waals surface area contributed by atoms with Crippen LogP contribution in [0.5, 0.6) is 0 Å². The van der Waals surface area contributed by atoms with Gasteiger partial charge in [-0.3, -0.25) is 20.2 Å². The molecule has 0 amide bonds. The maximum atomic E-state index is 10.8. The number of carbonyl (C=O) groups excluding carboxylic acids is 1. The number of ether oxygens (including phenoxy) is 1. The molecule has 88 valence electrons. The second kappa shape index (κ2) is 4.10. The van der Waals surface area contributed by atoms with E-state index in [2.05, 4.69) is 4.74 Å². The molecule has 2 atom stereocenters. The molecule has 16 heavy (non-hydrogen) atoms. The quantitative estimate of drug-likeness (QED) is 0.342. The van der Waals surface area contributed by atoms with Crippen molar-refractivity contribution in [2.24, 2.45) is 0 Å². The molecule has 0 aromatic carbocycles. The number of hydrogen-bond donors (Lipinski definition) is 2. The highest BCUT2D eigenvalue weighted by Crippen LogP contribution is 2.24. The molecule has 2 N–H and O–H groups in total. The molecule has 1 aliphatic heterocycles. The van der Waals surface area contributed by atoms with Crippen LogP contribution in [0, 0.1) is 20.2 Å². The molecule has 0 spiro atoms. The van der Waals surface area contributed by atoms with E-state index >= 15 is 0 Å². The highest BCUT2D eigenvalue weighted by Gasteiger charge is 2.48. The number of hydrogen-bond acceptors (Lipinski definition) is 8. The summed E-state index contributed by atoms with van der Waals surface area (Å²) < 4.78 is 4.25. The molecule has 1 heterocycles. The van der Waals surface area contributed by atoms with Gasteiger partial charge < -0.3 is 14.9 Å². The molecule has 1 rings (SSSR count). The van der Waals surface area contributed by atoms with Crippen molar-refractivity contribution >= 4 is 5.97 Å². The lowest BCUT2D eigenvalue weighted by Crippen LogP contribution is -2.36. The zero-order valence-electron chi connectivity index (χ0n) is 7.60. The third-order valence-electron chi connectivity index (χ3n) is 1.82. The Hall–Kier alpha value is -2.23. The minimum atomic E-state index is -1.89. The zero-order chi connectivity index (χ0) is 12.5. The van der Waals surface area contributed by atoms with Gasteiger partial charge in [0.25, 0.3) is 5.76 Å². The van der Waals surface area contributed by atoms with E-state index < -0.39 is 46.0 Å². The minimum absolute atomic E-state index is 0.925. The van der Waals surface area contributed by atoms with Crippen molar-refractivity contribution in [3.63, 3.8) is 0 Å². The molecule has 0 aromatic rings. The second-order valence-electron chi connectivity index (χ2n) is 2.90. The molecular formula is C6H6N2O8. The van der Waals surface area contributed by atoms with E-state index in [1.807, 2.05) is 0 Å².